The number of rotatable bonds is 1. The minimum Gasteiger partial charge on any atom is -0.253 e. The van der Waals surface area contributed by atoms with Crippen LogP contribution in [-0.2, 0) is 0 Å². The zero-order valence-corrected chi connectivity index (χ0v) is 10.1. The molecule has 0 N–H and O–H groups in total. The zero-order chi connectivity index (χ0) is 9.26. The molecule has 1 aromatic heterocycles. The summed E-state index contributed by atoms with van der Waals surface area (Å²) in [5.74, 6) is 0.504. The first-order valence-corrected chi connectivity index (χ1v) is 4.63. The second-order valence-electron chi connectivity index (χ2n) is 3.58. The Morgan fingerprint density at radius 3 is 2.43 bits per heavy atom. The Morgan fingerprint density at radius 1 is 1.00 bits per heavy atom. The molecule has 1 aromatic carbocycles. The lowest BCUT2D eigenvalue weighted by Gasteiger charge is -2.04. The van der Waals surface area contributed by atoms with E-state index < -0.39 is 0 Å². The van der Waals surface area contributed by atoms with E-state index >= 15 is 0 Å². The van der Waals surface area contributed by atoms with E-state index in [4.69, 9.17) is 0 Å². The molecule has 2 heteroatoms. The Bertz CT molecular complexity index is 423. The molecule has 1 nitrogen and oxygen atoms in total. The maximum atomic E-state index is 4.57. The fourth-order valence-electron chi connectivity index (χ4n) is 1.40. The summed E-state index contributed by atoms with van der Waals surface area (Å²) < 4.78 is 0. The molecular formula is C12H14BrN. The predicted molar refractivity (Wildman–Crippen MR) is 66.2 cm³/mol. The van der Waals surface area contributed by atoms with Gasteiger partial charge in [0.05, 0.1) is 5.52 Å². The lowest BCUT2D eigenvalue weighted by Crippen LogP contribution is -1.91. The third-order valence-electron chi connectivity index (χ3n) is 2.21. The highest BCUT2D eigenvalue weighted by molar-refractivity contribution is 8.93. The number of para-hydroxylation sites is 1. The van der Waals surface area contributed by atoms with Gasteiger partial charge >= 0.3 is 0 Å². The van der Waals surface area contributed by atoms with Crippen molar-refractivity contribution in [1.29, 1.82) is 0 Å². The maximum absolute atomic E-state index is 4.57. The molecule has 0 saturated heterocycles. The van der Waals surface area contributed by atoms with Crippen LogP contribution in [0.5, 0.6) is 0 Å². The fraction of sp³-hybridized carbons (Fsp3) is 0.250. The predicted octanol–water partition coefficient (Wildman–Crippen LogP) is 3.94. The Kier molecular flexibility index (Phi) is 3.64. The quantitative estimate of drug-likeness (QED) is 0.749. The Balaban J connectivity index is 0.000000980. The molecule has 1 heterocycles. The molecule has 0 atom stereocenters. The Labute approximate surface area is 94.9 Å². The molecule has 0 aliphatic carbocycles. The second kappa shape index (κ2) is 4.56. The molecule has 0 unspecified atom stereocenters. The molecule has 0 spiro atoms. The van der Waals surface area contributed by atoms with Crippen LogP contribution in [-0.4, -0.2) is 4.98 Å². The van der Waals surface area contributed by atoms with Crippen LogP contribution in [0, 0.1) is 0 Å². The second-order valence-corrected chi connectivity index (χ2v) is 3.58. The maximum Gasteiger partial charge on any atom is 0.0705 e. The van der Waals surface area contributed by atoms with E-state index in [-0.39, 0.29) is 17.0 Å². The monoisotopic (exact) mass is 251 g/mol. The number of benzene rings is 1. The molecular weight excluding hydrogens is 238 g/mol. The summed E-state index contributed by atoms with van der Waals surface area (Å²) in [7, 11) is 0. The number of hydrogen-bond acceptors (Lipinski definition) is 1. The molecule has 0 fully saturated rings. The summed E-state index contributed by atoms with van der Waals surface area (Å²) >= 11 is 0. The molecule has 0 aliphatic rings. The molecule has 0 amide bonds. The molecule has 74 valence electrons. The standard InChI is InChI=1S/C12H13N.BrH/c1-9(2)11-8-7-10-5-3-4-6-12(10)13-11;/h3-9H,1-2H3;1H. The molecule has 0 bridgehead atoms. The molecule has 14 heavy (non-hydrogen) atoms. The van der Waals surface area contributed by atoms with E-state index in [1.807, 2.05) is 12.1 Å². The van der Waals surface area contributed by atoms with Gasteiger partial charge in [0.25, 0.3) is 0 Å². The number of pyridine rings is 1. The SMILES string of the molecule is Br.CC(C)c1ccc2ccccc2n1. The average molecular weight is 252 g/mol. The van der Waals surface area contributed by atoms with Crippen molar-refractivity contribution in [2.75, 3.05) is 0 Å². The van der Waals surface area contributed by atoms with Crippen molar-refractivity contribution in [3.8, 4) is 0 Å². The first-order valence-electron chi connectivity index (χ1n) is 4.63. The number of fused-ring (bicyclic) bond motifs is 1. The molecule has 2 rings (SSSR count). The van der Waals surface area contributed by atoms with Crippen LogP contribution in [0.3, 0.4) is 0 Å². The third-order valence-corrected chi connectivity index (χ3v) is 2.21. The molecule has 0 saturated carbocycles. The van der Waals surface area contributed by atoms with Gasteiger partial charge in [0, 0.05) is 11.1 Å². The Morgan fingerprint density at radius 2 is 1.71 bits per heavy atom. The largest absolute Gasteiger partial charge is 0.253 e. The van der Waals surface area contributed by atoms with Gasteiger partial charge in [-0.15, -0.1) is 17.0 Å². The molecule has 0 aliphatic heterocycles. The van der Waals surface area contributed by atoms with E-state index in [0.717, 1.165) is 5.52 Å². The highest BCUT2D eigenvalue weighted by atomic mass is 79.9. The van der Waals surface area contributed by atoms with Crippen LogP contribution >= 0.6 is 17.0 Å². The van der Waals surface area contributed by atoms with Gasteiger partial charge in [-0.05, 0) is 18.1 Å². The van der Waals surface area contributed by atoms with Crippen LogP contribution in [0.1, 0.15) is 25.5 Å². The van der Waals surface area contributed by atoms with Gasteiger partial charge in [-0.1, -0.05) is 38.1 Å². The Hall–Kier alpha value is -0.890. The zero-order valence-electron chi connectivity index (χ0n) is 8.40. The summed E-state index contributed by atoms with van der Waals surface area (Å²) in [6.45, 7) is 4.33. The van der Waals surface area contributed by atoms with Crippen LogP contribution < -0.4 is 0 Å². The smallest absolute Gasteiger partial charge is 0.0705 e. The summed E-state index contributed by atoms with van der Waals surface area (Å²) in [6, 6.07) is 12.5. The van der Waals surface area contributed by atoms with Crippen molar-refractivity contribution >= 4 is 27.9 Å². The van der Waals surface area contributed by atoms with Crippen molar-refractivity contribution in [2.45, 2.75) is 19.8 Å². The van der Waals surface area contributed by atoms with Crippen molar-refractivity contribution < 1.29 is 0 Å². The van der Waals surface area contributed by atoms with Gasteiger partial charge in [0.15, 0.2) is 0 Å². The van der Waals surface area contributed by atoms with Crippen LogP contribution in [0.2, 0.25) is 0 Å². The highest BCUT2D eigenvalue weighted by Gasteiger charge is 2.00. The van der Waals surface area contributed by atoms with Crippen LogP contribution in [0.15, 0.2) is 36.4 Å². The first-order chi connectivity index (χ1) is 6.27. The first kappa shape index (κ1) is 11.2. The summed E-state index contributed by atoms with van der Waals surface area (Å²) in [6.07, 6.45) is 0. The molecule has 2 aromatic rings. The van der Waals surface area contributed by atoms with Crippen molar-refractivity contribution in [3.63, 3.8) is 0 Å². The minimum atomic E-state index is 0. The van der Waals surface area contributed by atoms with E-state index in [1.54, 1.807) is 0 Å². The van der Waals surface area contributed by atoms with Crippen LogP contribution in [0.4, 0.5) is 0 Å². The highest BCUT2D eigenvalue weighted by Crippen LogP contribution is 2.16. The fourth-order valence-corrected chi connectivity index (χ4v) is 1.40. The lowest BCUT2D eigenvalue weighted by atomic mass is 10.1. The molecule has 0 radical (unpaired) electrons. The van der Waals surface area contributed by atoms with Gasteiger partial charge in [0.1, 0.15) is 0 Å². The van der Waals surface area contributed by atoms with E-state index in [9.17, 15) is 0 Å². The topological polar surface area (TPSA) is 12.9 Å². The summed E-state index contributed by atoms with van der Waals surface area (Å²) in [5.41, 5.74) is 2.26. The lowest BCUT2D eigenvalue weighted by molar-refractivity contribution is 0.830. The van der Waals surface area contributed by atoms with Gasteiger partial charge in [-0.2, -0.15) is 0 Å². The summed E-state index contributed by atoms with van der Waals surface area (Å²) in [5, 5.41) is 1.21. The minimum absolute atomic E-state index is 0. The number of hydrogen-bond donors (Lipinski definition) is 0. The van der Waals surface area contributed by atoms with Crippen molar-refractivity contribution in [1.82, 2.24) is 4.98 Å². The van der Waals surface area contributed by atoms with Crippen molar-refractivity contribution in [3.05, 3.63) is 42.1 Å². The summed E-state index contributed by atoms with van der Waals surface area (Å²) in [4.78, 5) is 4.57. The number of halogens is 1. The van der Waals surface area contributed by atoms with E-state index in [2.05, 4.69) is 43.1 Å². The van der Waals surface area contributed by atoms with Gasteiger partial charge in [-0.3, -0.25) is 4.98 Å². The third kappa shape index (κ3) is 2.13. The van der Waals surface area contributed by atoms with E-state index in [1.165, 1.54) is 11.1 Å². The number of aromatic nitrogens is 1. The normalized spacial score (nSPS) is 10.2. The average Bonchev–Trinajstić information content (AvgIpc) is 2.17. The van der Waals surface area contributed by atoms with Gasteiger partial charge in [0.2, 0.25) is 0 Å². The van der Waals surface area contributed by atoms with E-state index in [0.29, 0.717) is 5.92 Å². The number of nitrogens with zero attached hydrogens (tertiary/aromatic N) is 1. The van der Waals surface area contributed by atoms with Gasteiger partial charge < -0.3 is 0 Å². The van der Waals surface area contributed by atoms with Gasteiger partial charge in [-0.25, -0.2) is 0 Å². The van der Waals surface area contributed by atoms with Crippen LogP contribution in [0.25, 0.3) is 10.9 Å². The van der Waals surface area contributed by atoms with Crippen molar-refractivity contribution in [2.24, 2.45) is 0 Å².